The van der Waals surface area contributed by atoms with Crippen molar-refractivity contribution in [1.82, 2.24) is 15.1 Å². The van der Waals surface area contributed by atoms with Crippen molar-refractivity contribution in [3.63, 3.8) is 0 Å². The number of ether oxygens (including phenoxy) is 1. The van der Waals surface area contributed by atoms with Gasteiger partial charge in [-0.25, -0.2) is 9.59 Å². The van der Waals surface area contributed by atoms with E-state index in [0.29, 0.717) is 28.4 Å². The molecule has 2 fully saturated rings. The van der Waals surface area contributed by atoms with Crippen molar-refractivity contribution in [2.45, 2.75) is 96.9 Å². The molecule has 1 saturated carbocycles. The molecule has 1 aliphatic heterocycles. The lowest BCUT2D eigenvalue weighted by atomic mass is 9.83. The van der Waals surface area contributed by atoms with Crippen LogP contribution in [0.1, 0.15) is 88.6 Å². The summed E-state index contributed by atoms with van der Waals surface area (Å²) in [5, 5.41) is 2.86. The minimum absolute atomic E-state index is 0.0107. The van der Waals surface area contributed by atoms with Crippen molar-refractivity contribution in [3.05, 3.63) is 34.3 Å². The second-order valence-electron chi connectivity index (χ2n) is 10.9. The van der Waals surface area contributed by atoms with Crippen LogP contribution in [-0.4, -0.2) is 58.3 Å². The number of nitrogens with one attached hydrogen (secondary N) is 1. The normalized spacial score (nSPS) is 20.6. The second kappa shape index (κ2) is 12.1. The van der Waals surface area contributed by atoms with Gasteiger partial charge in [-0.15, -0.1) is 0 Å². The number of carbonyl (C=O) groups is 4. The number of aldehydes is 1. The molecule has 1 N–H and O–H groups in total. The first-order valence-electron chi connectivity index (χ1n) is 12.8. The lowest BCUT2D eigenvalue weighted by Crippen LogP contribution is -2.54. The first-order chi connectivity index (χ1) is 17.0. The number of carbonyl (C=O) groups excluding carboxylic acids is 4. The first-order valence-corrected chi connectivity index (χ1v) is 13.2. The zero-order valence-electron chi connectivity index (χ0n) is 21.7. The number of likely N-dealkylation sites (tertiary alicyclic amines) is 1. The van der Waals surface area contributed by atoms with Crippen molar-refractivity contribution < 1.29 is 23.9 Å². The maximum absolute atomic E-state index is 14.0. The highest BCUT2D eigenvalue weighted by Crippen LogP contribution is 2.37. The van der Waals surface area contributed by atoms with E-state index in [-0.39, 0.29) is 18.6 Å². The predicted molar refractivity (Wildman–Crippen MR) is 138 cm³/mol. The maximum atomic E-state index is 14.0. The molecule has 36 heavy (non-hydrogen) atoms. The fourth-order valence-corrected chi connectivity index (χ4v) is 5.48. The van der Waals surface area contributed by atoms with E-state index < -0.39 is 30.2 Å². The summed E-state index contributed by atoms with van der Waals surface area (Å²) in [7, 11) is 0. The molecule has 2 atom stereocenters. The standard InChI is InChI=1S/C27H38ClN3O5/c1-18-10-13-23(19-8-6-5-7-9-19)31(18)26(35)30(16-21-14-22(28)12-11-20(21)17-32)24(33)15-29-25(34)36-27(2,3)4/h11-12,14,17-19,23H,5-10,13,15-16H2,1-4H3,(H,29,34)/t18-,23?/m1/s1. The van der Waals surface area contributed by atoms with E-state index in [2.05, 4.69) is 5.32 Å². The summed E-state index contributed by atoms with van der Waals surface area (Å²) >= 11 is 6.17. The smallest absolute Gasteiger partial charge is 0.408 e. The third kappa shape index (κ3) is 7.21. The van der Waals surface area contributed by atoms with Crippen LogP contribution in [0.5, 0.6) is 0 Å². The number of imide groups is 1. The number of nitrogens with zero attached hydrogens (tertiary/aromatic N) is 2. The molecule has 198 valence electrons. The van der Waals surface area contributed by atoms with Crippen LogP contribution in [0.4, 0.5) is 9.59 Å². The highest BCUT2D eigenvalue weighted by molar-refractivity contribution is 6.30. The zero-order valence-corrected chi connectivity index (χ0v) is 22.5. The number of rotatable bonds is 6. The van der Waals surface area contributed by atoms with Crippen molar-refractivity contribution in [1.29, 1.82) is 0 Å². The average Bonchev–Trinajstić information content (AvgIpc) is 3.21. The molecule has 1 aromatic rings. The molecule has 1 saturated heterocycles. The quantitative estimate of drug-likeness (QED) is 0.496. The topological polar surface area (TPSA) is 96.0 Å². The molecule has 4 amide bonds. The van der Waals surface area contributed by atoms with E-state index in [1.165, 1.54) is 6.42 Å². The predicted octanol–water partition coefficient (Wildman–Crippen LogP) is 5.56. The van der Waals surface area contributed by atoms with Crippen LogP contribution in [0.2, 0.25) is 5.02 Å². The Morgan fingerprint density at radius 3 is 2.47 bits per heavy atom. The SMILES string of the molecule is C[C@@H]1CCC(C2CCCCC2)N1C(=O)N(Cc1cc(Cl)ccc1C=O)C(=O)CNC(=O)OC(C)(C)C. The van der Waals surface area contributed by atoms with Gasteiger partial charge in [0.2, 0.25) is 5.91 Å². The van der Waals surface area contributed by atoms with Crippen LogP contribution < -0.4 is 5.32 Å². The Bertz CT molecular complexity index is 971. The molecule has 0 aromatic heterocycles. The summed E-state index contributed by atoms with van der Waals surface area (Å²) in [6.45, 7) is 6.66. The third-order valence-corrected chi connectivity index (χ3v) is 7.24. The van der Waals surface area contributed by atoms with Gasteiger partial charge in [-0.05, 0) is 83.1 Å². The summed E-state index contributed by atoms with van der Waals surface area (Å²) in [4.78, 5) is 54.2. The van der Waals surface area contributed by atoms with Gasteiger partial charge in [-0.2, -0.15) is 0 Å². The molecular weight excluding hydrogens is 482 g/mol. The molecule has 1 aliphatic carbocycles. The highest BCUT2D eigenvalue weighted by atomic mass is 35.5. The van der Waals surface area contributed by atoms with Crippen molar-refractivity contribution in [2.24, 2.45) is 5.92 Å². The highest BCUT2D eigenvalue weighted by Gasteiger charge is 2.42. The Morgan fingerprint density at radius 2 is 1.83 bits per heavy atom. The number of hydrogen-bond donors (Lipinski definition) is 1. The molecule has 8 nitrogen and oxygen atoms in total. The number of urea groups is 1. The molecule has 2 aliphatic rings. The Morgan fingerprint density at radius 1 is 1.14 bits per heavy atom. The Kier molecular flexibility index (Phi) is 9.39. The van der Waals surface area contributed by atoms with Gasteiger partial charge in [0, 0.05) is 22.7 Å². The van der Waals surface area contributed by atoms with E-state index in [9.17, 15) is 19.2 Å². The van der Waals surface area contributed by atoms with Gasteiger partial charge in [-0.1, -0.05) is 30.9 Å². The summed E-state index contributed by atoms with van der Waals surface area (Å²) < 4.78 is 5.23. The molecule has 0 spiro atoms. The Balaban J connectivity index is 1.86. The molecule has 9 heteroatoms. The Labute approximate surface area is 218 Å². The number of alkyl carbamates (subject to hydrolysis) is 1. The third-order valence-electron chi connectivity index (χ3n) is 7.00. The molecular formula is C27H38ClN3O5. The fraction of sp³-hybridized carbons (Fsp3) is 0.630. The lowest BCUT2D eigenvalue weighted by Gasteiger charge is -2.38. The summed E-state index contributed by atoms with van der Waals surface area (Å²) in [6.07, 6.45) is 7.43. The number of benzene rings is 1. The fourth-order valence-electron chi connectivity index (χ4n) is 5.28. The summed E-state index contributed by atoms with van der Waals surface area (Å²) in [6, 6.07) is 4.42. The minimum Gasteiger partial charge on any atom is -0.444 e. The van der Waals surface area contributed by atoms with Crippen LogP contribution >= 0.6 is 11.6 Å². The first kappa shape index (κ1) is 28.0. The van der Waals surface area contributed by atoms with Crippen molar-refractivity contribution in [2.75, 3.05) is 6.54 Å². The van der Waals surface area contributed by atoms with Gasteiger partial charge in [0.15, 0.2) is 0 Å². The van der Waals surface area contributed by atoms with Crippen LogP contribution in [0, 0.1) is 5.92 Å². The van der Waals surface area contributed by atoms with Gasteiger partial charge >= 0.3 is 12.1 Å². The van der Waals surface area contributed by atoms with E-state index in [1.807, 2.05) is 11.8 Å². The van der Waals surface area contributed by atoms with Gasteiger partial charge in [-0.3, -0.25) is 14.5 Å². The van der Waals surface area contributed by atoms with Crippen LogP contribution in [0.25, 0.3) is 0 Å². The molecule has 1 unspecified atom stereocenters. The molecule has 0 bridgehead atoms. The molecule has 1 heterocycles. The van der Waals surface area contributed by atoms with E-state index >= 15 is 0 Å². The van der Waals surface area contributed by atoms with E-state index in [4.69, 9.17) is 16.3 Å². The van der Waals surface area contributed by atoms with Gasteiger partial charge < -0.3 is 15.0 Å². The number of amides is 4. The van der Waals surface area contributed by atoms with Gasteiger partial charge in [0.05, 0.1) is 6.54 Å². The van der Waals surface area contributed by atoms with E-state index in [1.54, 1.807) is 39.0 Å². The van der Waals surface area contributed by atoms with Gasteiger partial charge in [0.1, 0.15) is 18.4 Å². The van der Waals surface area contributed by atoms with E-state index in [0.717, 1.165) is 43.4 Å². The zero-order chi connectivity index (χ0) is 26.5. The summed E-state index contributed by atoms with van der Waals surface area (Å²) in [5.41, 5.74) is 0.0986. The summed E-state index contributed by atoms with van der Waals surface area (Å²) in [5.74, 6) is -0.162. The number of halogens is 1. The molecule has 0 radical (unpaired) electrons. The van der Waals surface area contributed by atoms with Crippen molar-refractivity contribution >= 4 is 35.9 Å². The van der Waals surface area contributed by atoms with Crippen LogP contribution in [0.15, 0.2) is 18.2 Å². The molecule has 3 rings (SSSR count). The minimum atomic E-state index is -0.741. The Hall–Kier alpha value is -2.61. The lowest BCUT2D eigenvalue weighted by molar-refractivity contribution is -0.128. The molecule has 1 aromatic carbocycles. The monoisotopic (exact) mass is 519 g/mol. The average molecular weight is 520 g/mol. The van der Waals surface area contributed by atoms with Crippen molar-refractivity contribution in [3.8, 4) is 0 Å². The number of hydrogen-bond acceptors (Lipinski definition) is 5. The largest absolute Gasteiger partial charge is 0.444 e. The second-order valence-corrected chi connectivity index (χ2v) is 11.3. The van der Waals surface area contributed by atoms with Crippen LogP contribution in [-0.2, 0) is 16.1 Å². The van der Waals surface area contributed by atoms with Gasteiger partial charge in [0.25, 0.3) is 0 Å². The van der Waals surface area contributed by atoms with Crippen LogP contribution in [0.3, 0.4) is 0 Å². The maximum Gasteiger partial charge on any atom is 0.408 e.